The second kappa shape index (κ2) is 9.57. The zero-order valence-electron chi connectivity index (χ0n) is 20.2. The number of nitrogens with zero attached hydrogens (tertiary/aromatic N) is 3. The molecule has 0 bridgehead atoms. The van der Waals surface area contributed by atoms with E-state index in [1.54, 1.807) is 24.3 Å². The molecule has 0 unspecified atom stereocenters. The smallest absolute Gasteiger partial charge is 0.415 e. The Hall–Kier alpha value is -3.48. The van der Waals surface area contributed by atoms with Crippen molar-refractivity contribution in [3.05, 3.63) is 71.1 Å². The Morgan fingerprint density at radius 2 is 1.79 bits per heavy atom. The molecule has 2 heterocycles. The Kier molecular flexibility index (Phi) is 7.01. The van der Waals surface area contributed by atoms with Crippen LogP contribution in [0.3, 0.4) is 0 Å². The van der Waals surface area contributed by atoms with Crippen LogP contribution in [0.25, 0.3) is 11.1 Å². The van der Waals surface area contributed by atoms with E-state index in [-0.39, 0.29) is 6.54 Å². The summed E-state index contributed by atoms with van der Waals surface area (Å²) in [5.41, 5.74) is 4.77. The van der Waals surface area contributed by atoms with E-state index in [0.29, 0.717) is 16.9 Å². The van der Waals surface area contributed by atoms with Gasteiger partial charge in [0.1, 0.15) is 11.4 Å². The molecule has 0 fully saturated rings. The van der Waals surface area contributed by atoms with Crippen LogP contribution in [0, 0.1) is 26.7 Å². The number of aryl methyl sites for hydroxylation is 2. The second-order valence-corrected chi connectivity index (χ2v) is 9.04. The number of methoxy groups -OCH3 is 1. The van der Waals surface area contributed by atoms with Gasteiger partial charge in [-0.25, -0.2) is 9.78 Å². The number of aromatic nitrogens is 2. The van der Waals surface area contributed by atoms with Crippen molar-refractivity contribution in [3.63, 3.8) is 0 Å². The monoisotopic (exact) mass is 451 g/mol. The van der Waals surface area contributed by atoms with Crippen molar-refractivity contribution in [2.24, 2.45) is 0 Å². The third kappa shape index (κ3) is 5.86. The van der Waals surface area contributed by atoms with E-state index < -0.39 is 17.6 Å². The molecule has 3 aromatic rings. The number of anilines is 1. The molecule has 174 valence electrons. The number of ether oxygens (including phenoxy) is 2. The molecular weight excluding hydrogens is 421 g/mol. The number of benzene rings is 1. The fourth-order valence-corrected chi connectivity index (χ4v) is 3.63. The molecule has 1 aromatic carbocycles. The number of hydrogen-bond donors (Lipinski definition) is 0. The van der Waals surface area contributed by atoms with E-state index in [9.17, 15) is 9.18 Å². The van der Waals surface area contributed by atoms with Gasteiger partial charge in [-0.15, -0.1) is 0 Å². The number of pyridine rings is 2. The van der Waals surface area contributed by atoms with E-state index >= 15 is 0 Å². The predicted octanol–water partition coefficient (Wildman–Crippen LogP) is 6.16. The summed E-state index contributed by atoms with van der Waals surface area (Å²) >= 11 is 0. The van der Waals surface area contributed by atoms with Gasteiger partial charge in [-0.1, -0.05) is 6.07 Å². The van der Waals surface area contributed by atoms with Crippen LogP contribution in [0.4, 0.5) is 14.9 Å². The van der Waals surface area contributed by atoms with Crippen LogP contribution < -0.4 is 9.64 Å². The number of carbonyl (C=O) groups is 1. The summed E-state index contributed by atoms with van der Waals surface area (Å²) in [5, 5.41) is 0. The Bertz CT molecular complexity index is 1170. The molecule has 7 heteroatoms. The van der Waals surface area contributed by atoms with Crippen molar-refractivity contribution >= 4 is 11.8 Å². The summed E-state index contributed by atoms with van der Waals surface area (Å²) in [4.78, 5) is 23.0. The van der Waals surface area contributed by atoms with Crippen LogP contribution in [0.1, 0.15) is 43.2 Å². The highest BCUT2D eigenvalue weighted by atomic mass is 19.1. The summed E-state index contributed by atoms with van der Waals surface area (Å²) in [6.45, 7) is 11.4. The fraction of sp³-hybridized carbons (Fsp3) is 0.346. The average molecular weight is 452 g/mol. The van der Waals surface area contributed by atoms with Crippen LogP contribution in [-0.4, -0.2) is 28.8 Å². The number of halogens is 1. The van der Waals surface area contributed by atoms with Crippen LogP contribution in [0.5, 0.6) is 5.75 Å². The van der Waals surface area contributed by atoms with Crippen molar-refractivity contribution in [1.29, 1.82) is 0 Å². The molecule has 0 spiro atoms. The highest BCUT2D eigenvalue weighted by molar-refractivity contribution is 5.89. The standard InChI is InChI=1S/C26H30FN3O3/c1-16-10-20(19-8-9-28-23(27)13-19)12-21(11-16)30(25(31)33-26(4,5)6)15-22-18(3)24(32-7)17(2)14-29-22/h8-14H,15H2,1-7H3. The summed E-state index contributed by atoms with van der Waals surface area (Å²) < 4.78 is 25.0. The molecule has 0 radical (unpaired) electrons. The quantitative estimate of drug-likeness (QED) is 0.435. The lowest BCUT2D eigenvalue weighted by atomic mass is 10.0. The van der Waals surface area contributed by atoms with Gasteiger partial charge in [-0.2, -0.15) is 4.39 Å². The lowest BCUT2D eigenvalue weighted by Crippen LogP contribution is -2.37. The highest BCUT2D eigenvalue weighted by Crippen LogP contribution is 2.31. The predicted molar refractivity (Wildman–Crippen MR) is 127 cm³/mol. The van der Waals surface area contributed by atoms with Gasteiger partial charge in [0.15, 0.2) is 0 Å². The first-order valence-corrected chi connectivity index (χ1v) is 10.7. The maximum absolute atomic E-state index is 13.7. The first-order chi connectivity index (χ1) is 15.5. The molecule has 6 nitrogen and oxygen atoms in total. The third-order valence-corrected chi connectivity index (χ3v) is 5.11. The van der Waals surface area contributed by atoms with Gasteiger partial charge < -0.3 is 9.47 Å². The molecule has 0 aliphatic rings. The van der Waals surface area contributed by atoms with Crippen LogP contribution >= 0.6 is 0 Å². The van der Waals surface area contributed by atoms with Crippen molar-refractivity contribution in [3.8, 4) is 16.9 Å². The zero-order valence-corrected chi connectivity index (χ0v) is 20.2. The Labute approximate surface area is 194 Å². The minimum Gasteiger partial charge on any atom is -0.496 e. The summed E-state index contributed by atoms with van der Waals surface area (Å²) in [5.74, 6) is 0.174. The number of hydrogen-bond acceptors (Lipinski definition) is 5. The van der Waals surface area contributed by atoms with Gasteiger partial charge in [0, 0.05) is 35.3 Å². The molecule has 0 aliphatic heterocycles. The van der Waals surface area contributed by atoms with Gasteiger partial charge in [-0.3, -0.25) is 9.88 Å². The molecule has 3 rings (SSSR count). The molecule has 0 saturated carbocycles. The Morgan fingerprint density at radius 1 is 1.06 bits per heavy atom. The van der Waals surface area contributed by atoms with Gasteiger partial charge in [0.05, 0.1) is 19.3 Å². The van der Waals surface area contributed by atoms with Crippen LogP contribution in [0.15, 0.2) is 42.7 Å². The largest absolute Gasteiger partial charge is 0.496 e. The minimum atomic E-state index is -0.677. The molecular formula is C26H30FN3O3. The molecule has 0 atom stereocenters. The minimum absolute atomic E-state index is 0.186. The van der Waals surface area contributed by atoms with Crippen LogP contribution in [-0.2, 0) is 11.3 Å². The van der Waals surface area contributed by atoms with Gasteiger partial charge >= 0.3 is 6.09 Å². The average Bonchev–Trinajstić information content (AvgIpc) is 2.72. The first-order valence-electron chi connectivity index (χ1n) is 10.7. The SMILES string of the molecule is COc1c(C)cnc(CN(C(=O)OC(C)(C)C)c2cc(C)cc(-c3ccnc(F)c3)c2)c1C. The second-order valence-electron chi connectivity index (χ2n) is 9.04. The number of carbonyl (C=O) groups excluding carboxylic acids is 1. The zero-order chi connectivity index (χ0) is 24.3. The summed E-state index contributed by atoms with van der Waals surface area (Å²) in [6, 6.07) is 8.77. The number of rotatable bonds is 5. The van der Waals surface area contributed by atoms with Gasteiger partial charge in [0.25, 0.3) is 0 Å². The summed E-state index contributed by atoms with van der Waals surface area (Å²) in [7, 11) is 1.62. The first kappa shape index (κ1) is 24.2. The fourth-order valence-electron chi connectivity index (χ4n) is 3.63. The molecule has 2 aromatic heterocycles. The van der Waals surface area contributed by atoms with Crippen molar-refractivity contribution in [1.82, 2.24) is 9.97 Å². The van der Waals surface area contributed by atoms with Gasteiger partial charge in [-0.05, 0) is 76.4 Å². The molecule has 0 aliphatic carbocycles. The molecule has 0 N–H and O–H groups in total. The lowest BCUT2D eigenvalue weighted by Gasteiger charge is -2.28. The van der Waals surface area contributed by atoms with E-state index in [4.69, 9.17) is 9.47 Å². The molecule has 0 saturated heterocycles. The lowest BCUT2D eigenvalue weighted by molar-refractivity contribution is 0.0577. The van der Waals surface area contributed by atoms with Crippen molar-refractivity contribution in [2.75, 3.05) is 12.0 Å². The molecule has 33 heavy (non-hydrogen) atoms. The Morgan fingerprint density at radius 3 is 2.42 bits per heavy atom. The maximum atomic E-state index is 13.7. The van der Waals surface area contributed by atoms with E-state index in [0.717, 1.165) is 28.0 Å². The molecule has 1 amide bonds. The third-order valence-electron chi connectivity index (χ3n) is 5.11. The normalized spacial score (nSPS) is 11.3. The maximum Gasteiger partial charge on any atom is 0.415 e. The van der Waals surface area contributed by atoms with E-state index in [2.05, 4.69) is 9.97 Å². The van der Waals surface area contributed by atoms with Crippen LogP contribution in [0.2, 0.25) is 0 Å². The number of amides is 1. The van der Waals surface area contributed by atoms with E-state index in [1.165, 1.54) is 12.3 Å². The van der Waals surface area contributed by atoms with E-state index in [1.807, 2.05) is 59.7 Å². The van der Waals surface area contributed by atoms with Crippen molar-refractivity contribution in [2.45, 2.75) is 53.7 Å². The Balaban J connectivity index is 2.10. The van der Waals surface area contributed by atoms with Gasteiger partial charge in [0.2, 0.25) is 5.95 Å². The highest BCUT2D eigenvalue weighted by Gasteiger charge is 2.26. The topological polar surface area (TPSA) is 64.5 Å². The van der Waals surface area contributed by atoms with Crippen molar-refractivity contribution < 1.29 is 18.7 Å². The summed E-state index contributed by atoms with van der Waals surface area (Å²) in [6.07, 6.45) is 2.65.